The number of hydrogen-bond acceptors (Lipinski definition) is 3. The van der Waals surface area contributed by atoms with E-state index in [-0.39, 0.29) is 11.7 Å². The van der Waals surface area contributed by atoms with Crippen molar-refractivity contribution < 1.29 is 14.3 Å². The number of carbonyl (C=O) groups is 2. The van der Waals surface area contributed by atoms with Gasteiger partial charge in [-0.2, -0.15) is 0 Å². The molecule has 0 radical (unpaired) electrons. The van der Waals surface area contributed by atoms with E-state index < -0.39 is 5.54 Å². The van der Waals surface area contributed by atoms with E-state index in [4.69, 9.17) is 4.74 Å². The molecule has 0 bridgehead atoms. The molecule has 1 aliphatic rings. The number of benzene rings is 1. The number of nitrogens with zero attached hydrogens (tertiary/aromatic N) is 1. The molecule has 2 rings (SSSR count). The highest BCUT2D eigenvalue weighted by Crippen LogP contribution is 2.26. The number of hydrogen-bond donors (Lipinski definition) is 0. The molecule has 1 aliphatic heterocycles. The second kappa shape index (κ2) is 5.03. The third-order valence-electron chi connectivity index (χ3n) is 3.74. The summed E-state index contributed by atoms with van der Waals surface area (Å²) < 4.78 is 5.08. The molecular formula is C15H19NO3. The Bertz CT molecular complexity index is 491. The Balaban J connectivity index is 2.07. The van der Waals surface area contributed by atoms with Gasteiger partial charge >= 0.3 is 0 Å². The quantitative estimate of drug-likeness (QED) is 0.833. The molecule has 1 fully saturated rings. The molecule has 0 aromatic heterocycles. The Labute approximate surface area is 113 Å². The average molecular weight is 261 g/mol. The highest BCUT2D eigenvalue weighted by Gasteiger charge is 2.42. The first-order valence-electron chi connectivity index (χ1n) is 6.42. The lowest BCUT2D eigenvalue weighted by atomic mass is 10.00. The van der Waals surface area contributed by atoms with Gasteiger partial charge in [0.25, 0.3) is 0 Å². The second-order valence-corrected chi connectivity index (χ2v) is 5.30. The molecule has 0 aliphatic carbocycles. The van der Waals surface area contributed by atoms with Crippen LogP contribution < -0.4 is 4.74 Å². The van der Waals surface area contributed by atoms with Crippen LogP contribution >= 0.6 is 0 Å². The first-order chi connectivity index (χ1) is 8.95. The molecule has 1 heterocycles. The Morgan fingerprint density at radius 2 is 1.95 bits per heavy atom. The number of ketones is 1. The van der Waals surface area contributed by atoms with Crippen molar-refractivity contribution in [1.29, 1.82) is 0 Å². The van der Waals surface area contributed by atoms with E-state index in [9.17, 15) is 9.59 Å². The fourth-order valence-electron chi connectivity index (χ4n) is 2.40. The van der Waals surface area contributed by atoms with Crippen molar-refractivity contribution in [3.63, 3.8) is 0 Å². The standard InChI is InChI=1S/C15H19NO3/c1-15(2)13(17)8-9-16(15)14(18)10-11-4-6-12(19-3)7-5-11/h4-7H,8-10H2,1-3H3. The van der Waals surface area contributed by atoms with Crippen LogP contribution in [0, 0.1) is 0 Å². The minimum Gasteiger partial charge on any atom is -0.497 e. The molecule has 4 nitrogen and oxygen atoms in total. The second-order valence-electron chi connectivity index (χ2n) is 5.30. The maximum Gasteiger partial charge on any atom is 0.227 e. The van der Waals surface area contributed by atoms with Crippen molar-refractivity contribution in [2.45, 2.75) is 32.2 Å². The van der Waals surface area contributed by atoms with E-state index in [1.165, 1.54) is 0 Å². The highest BCUT2D eigenvalue weighted by atomic mass is 16.5. The number of methoxy groups -OCH3 is 1. The van der Waals surface area contributed by atoms with Crippen LogP contribution in [0.4, 0.5) is 0 Å². The lowest BCUT2D eigenvalue weighted by Gasteiger charge is -2.30. The zero-order valence-corrected chi connectivity index (χ0v) is 11.6. The maximum absolute atomic E-state index is 12.3. The van der Waals surface area contributed by atoms with Crippen molar-refractivity contribution in [2.75, 3.05) is 13.7 Å². The molecule has 1 aromatic rings. The van der Waals surface area contributed by atoms with E-state index in [1.54, 1.807) is 12.0 Å². The highest BCUT2D eigenvalue weighted by molar-refractivity contribution is 5.95. The number of likely N-dealkylation sites (tertiary alicyclic amines) is 1. The molecule has 0 N–H and O–H groups in total. The van der Waals surface area contributed by atoms with Crippen LogP contribution in [-0.4, -0.2) is 35.8 Å². The molecule has 0 atom stereocenters. The molecule has 1 saturated heterocycles. The summed E-state index contributed by atoms with van der Waals surface area (Å²) in [6.07, 6.45) is 0.780. The van der Waals surface area contributed by atoms with Gasteiger partial charge in [-0.05, 0) is 31.5 Å². The Kier molecular flexibility index (Phi) is 3.60. The lowest BCUT2D eigenvalue weighted by Crippen LogP contribution is -2.46. The molecule has 0 spiro atoms. The van der Waals surface area contributed by atoms with Gasteiger partial charge in [-0.1, -0.05) is 12.1 Å². The summed E-state index contributed by atoms with van der Waals surface area (Å²) >= 11 is 0. The Morgan fingerprint density at radius 1 is 1.32 bits per heavy atom. The number of rotatable bonds is 3. The van der Waals surface area contributed by atoms with Gasteiger partial charge in [0.05, 0.1) is 19.1 Å². The fourth-order valence-corrected chi connectivity index (χ4v) is 2.40. The molecule has 1 amide bonds. The third kappa shape index (κ3) is 2.62. The Hall–Kier alpha value is -1.84. The summed E-state index contributed by atoms with van der Waals surface area (Å²) in [7, 11) is 1.61. The van der Waals surface area contributed by atoms with E-state index >= 15 is 0 Å². The fraction of sp³-hybridized carbons (Fsp3) is 0.467. The van der Waals surface area contributed by atoms with Gasteiger partial charge in [0, 0.05) is 13.0 Å². The summed E-state index contributed by atoms with van der Waals surface area (Å²) in [4.78, 5) is 25.7. The Morgan fingerprint density at radius 3 is 2.42 bits per heavy atom. The lowest BCUT2D eigenvalue weighted by molar-refractivity contribution is -0.138. The molecular weight excluding hydrogens is 242 g/mol. The van der Waals surface area contributed by atoms with E-state index in [0.29, 0.717) is 19.4 Å². The number of ether oxygens (including phenoxy) is 1. The third-order valence-corrected chi connectivity index (χ3v) is 3.74. The largest absolute Gasteiger partial charge is 0.497 e. The monoisotopic (exact) mass is 261 g/mol. The normalized spacial score (nSPS) is 17.6. The predicted octanol–water partition coefficient (Wildman–Crippen LogP) is 1.82. The molecule has 1 aromatic carbocycles. The van der Waals surface area contributed by atoms with Crippen LogP contribution in [0.5, 0.6) is 5.75 Å². The van der Waals surface area contributed by atoms with Gasteiger partial charge < -0.3 is 9.64 Å². The van der Waals surface area contributed by atoms with Crippen molar-refractivity contribution in [2.24, 2.45) is 0 Å². The van der Waals surface area contributed by atoms with Gasteiger partial charge in [0.1, 0.15) is 5.75 Å². The van der Waals surface area contributed by atoms with Crippen molar-refractivity contribution in [3.05, 3.63) is 29.8 Å². The summed E-state index contributed by atoms with van der Waals surface area (Å²) in [6.45, 7) is 4.16. The first kappa shape index (κ1) is 13.6. The minimum absolute atomic E-state index is 0.000942. The summed E-state index contributed by atoms with van der Waals surface area (Å²) in [5.74, 6) is 0.907. The smallest absolute Gasteiger partial charge is 0.227 e. The van der Waals surface area contributed by atoms with Gasteiger partial charge in [-0.25, -0.2) is 0 Å². The van der Waals surface area contributed by atoms with Gasteiger partial charge in [0.2, 0.25) is 5.91 Å². The summed E-state index contributed by atoms with van der Waals surface area (Å²) in [5, 5.41) is 0. The first-order valence-corrected chi connectivity index (χ1v) is 6.42. The van der Waals surface area contributed by atoms with Crippen LogP contribution in [0.15, 0.2) is 24.3 Å². The van der Waals surface area contributed by atoms with E-state index in [0.717, 1.165) is 11.3 Å². The molecule has 102 valence electrons. The molecule has 4 heteroatoms. The zero-order valence-electron chi connectivity index (χ0n) is 11.6. The topological polar surface area (TPSA) is 46.6 Å². The van der Waals surface area contributed by atoms with E-state index in [1.807, 2.05) is 38.1 Å². The summed E-state index contributed by atoms with van der Waals surface area (Å²) in [5.41, 5.74) is 0.268. The van der Waals surface area contributed by atoms with Gasteiger partial charge in [-0.3, -0.25) is 9.59 Å². The van der Waals surface area contributed by atoms with Gasteiger partial charge in [0.15, 0.2) is 5.78 Å². The molecule has 0 unspecified atom stereocenters. The number of carbonyl (C=O) groups excluding carboxylic acids is 2. The van der Waals surface area contributed by atoms with Crippen molar-refractivity contribution in [1.82, 2.24) is 4.90 Å². The van der Waals surface area contributed by atoms with Crippen LogP contribution in [0.25, 0.3) is 0 Å². The molecule has 0 saturated carbocycles. The predicted molar refractivity (Wildman–Crippen MR) is 72.1 cm³/mol. The SMILES string of the molecule is COc1ccc(CC(=O)N2CCC(=O)C2(C)C)cc1. The van der Waals surface area contributed by atoms with Gasteiger partial charge in [-0.15, -0.1) is 0 Å². The van der Waals surface area contributed by atoms with Crippen molar-refractivity contribution in [3.8, 4) is 5.75 Å². The van der Waals surface area contributed by atoms with Crippen LogP contribution in [0.1, 0.15) is 25.8 Å². The maximum atomic E-state index is 12.3. The average Bonchev–Trinajstić information content (AvgIpc) is 2.65. The van der Waals surface area contributed by atoms with Crippen LogP contribution in [-0.2, 0) is 16.0 Å². The number of Topliss-reactive ketones (excluding diaryl/α,β-unsaturated/α-hetero) is 1. The zero-order chi connectivity index (χ0) is 14.0. The number of amides is 1. The minimum atomic E-state index is -0.663. The van der Waals surface area contributed by atoms with Crippen molar-refractivity contribution >= 4 is 11.7 Å². The summed E-state index contributed by atoms with van der Waals surface area (Å²) in [6, 6.07) is 7.43. The van der Waals surface area contributed by atoms with E-state index in [2.05, 4.69) is 0 Å². The van der Waals surface area contributed by atoms with Crippen LogP contribution in [0.2, 0.25) is 0 Å². The molecule has 19 heavy (non-hydrogen) atoms. The van der Waals surface area contributed by atoms with Crippen LogP contribution in [0.3, 0.4) is 0 Å².